The van der Waals surface area contributed by atoms with Gasteiger partial charge in [-0.15, -0.1) is 0 Å². The molecular formula is C25H18Cl3NO3S. The maximum absolute atomic E-state index is 12.8. The van der Waals surface area contributed by atoms with Crippen LogP contribution in [-0.4, -0.2) is 22.6 Å². The molecule has 3 aromatic rings. The highest BCUT2D eigenvalue weighted by atomic mass is 35.5. The number of imide groups is 1. The highest BCUT2D eigenvalue weighted by Gasteiger charge is 2.34. The van der Waals surface area contributed by atoms with Gasteiger partial charge in [0.15, 0.2) is 5.75 Å². The van der Waals surface area contributed by atoms with E-state index in [2.05, 4.69) is 0 Å². The maximum atomic E-state index is 12.8. The third-order valence-electron chi connectivity index (χ3n) is 4.99. The number of halogens is 3. The van der Waals surface area contributed by atoms with Gasteiger partial charge in [-0.1, -0.05) is 83.3 Å². The van der Waals surface area contributed by atoms with Crippen LogP contribution in [0.5, 0.6) is 5.75 Å². The Morgan fingerprint density at radius 2 is 1.55 bits per heavy atom. The van der Waals surface area contributed by atoms with Gasteiger partial charge < -0.3 is 4.74 Å². The molecule has 0 radical (unpaired) electrons. The van der Waals surface area contributed by atoms with Gasteiger partial charge >= 0.3 is 0 Å². The first kappa shape index (κ1) is 23.7. The molecule has 0 bridgehead atoms. The first-order valence-electron chi connectivity index (χ1n) is 10.1. The average Bonchev–Trinajstić information content (AvgIpc) is 3.06. The van der Waals surface area contributed by atoms with Crippen LogP contribution in [0.2, 0.25) is 15.1 Å². The highest BCUT2D eigenvalue weighted by Crippen LogP contribution is 2.38. The predicted octanol–water partition coefficient (Wildman–Crippen LogP) is 7.50. The molecule has 0 N–H and O–H groups in total. The number of carbonyl (C=O) groups is 2. The minimum atomic E-state index is -0.327. The number of ether oxygens (including phenoxy) is 1. The zero-order valence-electron chi connectivity index (χ0n) is 17.3. The lowest BCUT2D eigenvalue weighted by Crippen LogP contribution is -2.30. The fourth-order valence-electron chi connectivity index (χ4n) is 3.30. The summed E-state index contributed by atoms with van der Waals surface area (Å²) in [6.45, 7) is 0.529. The third-order valence-corrected chi connectivity index (χ3v) is 6.83. The Bertz CT molecular complexity index is 1210. The SMILES string of the molecule is O=C1S/C(=C\c2cc(Cl)c(OCc3ccccc3Cl)c(Cl)c2)C(=O)N1CCc1ccccc1. The van der Waals surface area contributed by atoms with Crippen LogP contribution >= 0.6 is 46.6 Å². The van der Waals surface area contributed by atoms with Gasteiger partial charge in [-0.3, -0.25) is 14.5 Å². The Labute approximate surface area is 211 Å². The largest absolute Gasteiger partial charge is 0.486 e. The lowest BCUT2D eigenvalue weighted by molar-refractivity contribution is -0.122. The Balaban J connectivity index is 1.46. The molecule has 2 amide bonds. The minimum Gasteiger partial charge on any atom is -0.486 e. The molecule has 1 aliphatic rings. The lowest BCUT2D eigenvalue weighted by atomic mass is 10.1. The summed E-state index contributed by atoms with van der Waals surface area (Å²) in [4.78, 5) is 26.8. The summed E-state index contributed by atoms with van der Waals surface area (Å²) >= 11 is 19.9. The van der Waals surface area contributed by atoms with Gasteiger partial charge in [-0.2, -0.15) is 0 Å². The summed E-state index contributed by atoms with van der Waals surface area (Å²) < 4.78 is 5.79. The van der Waals surface area contributed by atoms with Crippen molar-refractivity contribution in [3.05, 3.63) is 103 Å². The van der Waals surface area contributed by atoms with Crippen molar-refractivity contribution in [1.82, 2.24) is 4.90 Å². The minimum absolute atomic E-state index is 0.207. The van der Waals surface area contributed by atoms with Gasteiger partial charge in [0.2, 0.25) is 0 Å². The molecule has 0 aromatic heterocycles. The molecule has 4 rings (SSSR count). The van der Waals surface area contributed by atoms with Crippen LogP contribution in [-0.2, 0) is 17.8 Å². The number of amides is 2. The summed E-state index contributed by atoms with van der Waals surface area (Å²) in [5, 5.41) is 0.886. The molecule has 1 fully saturated rings. The van der Waals surface area contributed by atoms with Gasteiger partial charge in [0.1, 0.15) is 6.61 Å². The fraction of sp³-hybridized carbons (Fsp3) is 0.120. The number of nitrogens with zero attached hydrogens (tertiary/aromatic N) is 1. The van der Waals surface area contributed by atoms with Crippen LogP contribution in [0.4, 0.5) is 4.79 Å². The van der Waals surface area contributed by atoms with Crippen molar-refractivity contribution in [2.24, 2.45) is 0 Å². The molecule has 33 heavy (non-hydrogen) atoms. The summed E-state index contributed by atoms with van der Waals surface area (Å²) in [7, 11) is 0. The van der Waals surface area contributed by atoms with Gasteiger partial charge in [0, 0.05) is 17.1 Å². The fourth-order valence-corrected chi connectivity index (χ4v) is 4.96. The molecular weight excluding hydrogens is 501 g/mol. The maximum Gasteiger partial charge on any atom is 0.293 e. The topological polar surface area (TPSA) is 46.6 Å². The molecule has 1 aliphatic heterocycles. The zero-order chi connectivity index (χ0) is 23.4. The average molecular weight is 519 g/mol. The van der Waals surface area contributed by atoms with Crippen molar-refractivity contribution in [3.8, 4) is 5.75 Å². The van der Waals surface area contributed by atoms with E-state index in [0.29, 0.717) is 44.3 Å². The van der Waals surface area contributed by atoms with E-state index in [1.165, 1.54) is 4.90 Å². The van der Waals surface area contributed by atoms with Gasteiger partial charge in [-0.05, 0) is 53.6 Å². The monoisotopic (exact) mass is 517 g/mol. The van der Waals surface area contributed by atoms with E-state index in [-0.39, 0.29) is 17.8 Å². The molecule has 1 heterocycles. The molecule has 3 aromatic carbocycles. The van der Waals surface area contributed by atoms with Crippen molar-refractivity contribution in [1.29, 1.82) is 0 Å². The van der Waals surface area contributed by atoms with Gasteiger partial charge in [0.25, 0.3) is 11.1 Å². The number of hydrogen-bond donors (Lipinski definition) is 0. The summed E-state index contributed by atoms with van der Waals surface area (Å²) in [6, 6.07) is 20.3. The van der Waals surface area contributed by atoms with Crippen LogP contribution in [0.1, 0.15) is 16.7 Å². The molecule has 1 saturated heterocycles. The molecule has 168 valence electrons. The Morgan fingerprint density at radius 1 is 0.879 bits per heavy atom. The van der Waals surface area contributed by atoms with Crippen molar-refractivity contribution in [2.45, 2.75) is 13.0 Å². The van der Waals surface area contributed by atoms with E-state index in [9.17, 15) is 9.59 Å². The van der Waals surface area contributed by atoms with E-state index >= 15 is 0 Å². The first-order valence-corrected chi connectivity index (χ1v) is 12.0. The number of hydrogen-bond acceptors (Lipinski definition) is 4. The van der Waals surface area contributed by atoms with Crippen LogP contribution < -0.4 is 4.74 Å². The van der Waals surface area contributed by atoms with Crippen molar-refractivity contribution in [2.75, 3.05) is 6.54 Å². The van der Waals surface area contributed by atoms with Gasteiger partial charge in [0.05, 0.1) is 15.0 Å². The quantitative estimate of drug-likeness (QED) is 0.304. The summed E-state index contributed by atoms with van der Waals surface area (Å²) in [5.41, 5.74) is 2.47. The van der Waals surface area contributed by atoms with Crippen molar-refractivity contribution < 1.29 is 14.3 Å². The molecule has 8 heteroatoms. The number of thioether (sulfide) groups is 1. The Kier molecular flexibility index (Phi) is 7.66. The van der Waals surface area contributed by atoms with E-state index in [0.717, 1.165) is 22.9 Å². The molecule has 0 saturated carbocycles. The van der Waals surface area contributed by atoms with E-state index in [1.54, 1.807) is 24.3 Å². The van der Waals surface area contributed by atoms with Crippen LogP contribution in [0.15, 0.2) is 71.6 Å². The van der Waals surface area contributed by atoms with Crippen molar-refractivity contribution >= 4 is 63.8 Å². The Hall–Kier alpha value is -2.44. The lowest BCUT2D eigenvalue weighted by Gasteiger charge is -2.12. The van der Waals surface area contributed by atoms with E-state index in [4.69, 9.17) is 39.5 Å². The van der Waals surface area contributed by atoms with Crippen LogP contribution in [0.3, 0.4) is 0 Å². The zero-order valence-corrected chi connectivity index (χ0v) is 20.3. The van der Waals surface area contributed by atoms with Crippen LogP contribution in [0.25, 0.3) is 6.08 Å². The van der Waals surface area contributed by atoms with E-state index in [1.807, 2.05) is 48.5 Å². The number of carbonyl (C=O) groups excluding carboxylic acids is 2. The first-order chi connectivity index (χ1) is 15.9. The molecule has 4 nitrogen and oxygen atoms in total. The molecule has 0 atom stereocenters. The molecule has 0 unspecified atom stereocenters. The van der Waals surface area contributed by atoms with Crippen LogP contribution in [0, 0.1) is 0 Å². The normalized spacial score (nSPS) is 14.9. The smallest absolute Gasteiger partial charge is 0.293 e. The molecule has 0 aliphatic carbocycles. The predicted molar refractivity (Wildman–Crippen MR) is 135 cm³/mol. The Morgan fingerprint density at radius 3 is 2.24 bits per heavy atom. The summed E-state index contributed by atoms with van der Waals surface area (Å²) in [5.74, 6) is -0.00130. The second-order valence-electron chi connectivity index (χ2n) is 7.26. The third kappa shape index (κ3) is 5.74. The van der Waals surface area contributed by atoms with Crippen molar-refractivity contribution in [3.63, 3.8) is 0 Å². The van der Waals surface area contributed by atoms with Gasteiger partial charge in [-0.25, -0.2) is 0 Å². The number of benzene rings is 3. The molecule has 0 spiro atoms. The number of rotatable bonds is 7. The summed E-state index contributed by atoms with van der Waals surface area (Å²) in [6.07, 6.45) is 2.21. The second-order valence-corrected chi connectivity index (χ2v) is 9.48. The second kappa shape index (κ2) is 10.7. The standard InChI is InChI=1S/C25H18Cl3NO3S/c26-19-9-5-4-8-18(19)15-32-23-20(27)12-17(13-21(23)28)14-22-24(30)29(25(31)33-22)11-10-16-6-2-1-3-7-16/h1-9,12-14H,10-11,15H2/b22-14-. The highest BCUT2D eigenvalue weighted by molar-refractivity contribution is 8.18. The van der Waals surface area contributed by atoms with E-state index < -0.39 is 0 Å².